The van der Waals surface area contributed by atoms with E-state index in [9.17, 15) is 9.59 Å². The number of hydrogen-bond acceptors (Lipinski definition) is 2. The van der Waals surface area contributed by atoms with Gasteiger partial charge in [0.25, 0.3) is 0 Å². The number of nitrogens with zero attached hydrogens (tertiary/aromatic N) is 2. The third kappa shape index (κ3) is 1.34. The summed E-state index contributed by atoms with van der Waals surface area (Å²) in [6.07, 6.45) is 0.575. The van der Waals surface area contributed by atoms with Crippen molar-refractivity contribution >= 4 is 11.9 Å². The molecule has 4 heteroatoms. The second-order valence-electron chi connectivity index (χ2n) is 2.54. The fourth-order valence-electron chi connectivity index (χ4n) is 1.05. The average Bonchev–Trinajstić information content (AvgIpc) is 2.17. The summed E-state index contributed by atoms with van der Waals surface area (Å²) in [6, 6.07) is -0.210. The zero-order valence-electron chi connectivity index (χ0n) is 6.54. The van der Waals surface area contributed by atoms with Gasteiger partial charge in [0.1, 0.15) is 6.54 Å². The lowest BCUT2D eigenvalue weighted by atomic mass is 10.4. The fraction of sp³-hybridized carbons (Fsp3) is 0.571. The number of amides is 3. The van der Waals surface area contributed by atoms with E-state index in [1.54, 1.807) is 7.05 Å². The molecule has 1 heterocycles. The molecule has 0 saturated carbocycles. The van der Waals surface area contributed by atoms with Crippen LogP contribution in [0.2, 0.25) is 0 Å². The van der Waals surface area contributed by atoms with Gasteiger partial charge in [-0.15, -0.1) is 0 Å². The molecule has 61 valence electrons. The van der Waals surface area contributed by atoms with Crippen molar-refractivity contribution in [3.05, 3.63) is 6.92 Å². The third-order valence-electron chi connectivity index (χ3n) is 1.61. The van der Waals surface area contributed by atoms with E-state index in [1.165, 1.54) is 9.80 Å². The van der Waals surface area contributed by atoms with Crippen LogP contribution >= 0.6 is 0 Å². The minimum Gasteiger partial charge on any atom is -0.318 e. The monoisotopic (exact) mass is 155 g/mol. The van der Waals surface area contributed by atoms with Gasteiger partial charge in [0, 0.05) is 13.6 Å². The Hall–Kier alpha value is -1.06. The van der Waals surface area contributed by atoms with E-state index in [0.717, 1.165) is 0 Å². The molecule has 1 aliphatic heterocycles. The number of imide groups is 1. The van der Waals surface area contributed by atoms with Crippen molar-refractivity contribution in [3.8, 4) is 0 Å². The van der Waals surface area contributed by atoms with Gasteiger partial charge in [-0.1, -0.05) is 6.92 Å². The topological polar surface area (TPSA) is 40.6 Å². The molecule has 11 heavy (non-hydrogen) atoms. The molecule has 0 unspecified atom stereocenters. The predicted molar refractivity (Wildman–Crippen MR) is 39.7 cm³/mol. The van der Waals surface area contributed by atoms with E-state index in [-0.39, 0.29) is 18.5 Å². The van der Waals surface area contributed by atoms with E-state index in [2.05, 4.69) is 6.92 Å². The van der Waals surface area contributed by atoms with Crippen molar-refractivity contribution in [2.45, 2.75) is 6.42 Å². The van der Waals surface area contributed by atoms with Crippen LogP contribution in [0.25, 0.3) is 0 Å². The second-order valence-corrected chi connectivity index (χ2v) is 2.54. The molecule has 0 aromatic heterocycles. The Morgan fingerprint density at radius 2 is 2.18 bits per heavy atom. The van der Waals surface area contributed by atoms with E-state index in [0.29, 0.717) is 13.0 Å². The largest absolute Gasteiger partial charge is 0.326 e. The first kappa shape index (κ1) is 8.04. The molecule has 0 aliphatic carbocycles. The van der Waals surface area contributed by atoms with Gasteiger partial charge >= 0.3 is 6.03 Å². The molecule has 0 bridgehead atoms. The Kier molecular flexibility index (Phi) is 2.12. The molecular weight excluding hydrogens is 144 g/mol. The standard InChI is InChI=1S/C7H11N2O2/c1-3-4-9-6(10)5-8(2)7(9)11/h1,3-5H2,2H3. The van der Waals surface area contributed by atoms with Crippen LogP contribution in [0.1, 0.15) is 6.42 Å². The van der Waals surface area contributed by atoms with Crippen molar-refractivity contribution in [2.75, 3.05) is 20.1 Å². The van der Waals surface area contributed by atoms with Crippen LogP contribution in [0.4, 0.5) is 4.79 Å². The highest BCUT2D eigenvalue weighted by atomic mass is 16.2. The number of carbonyl (C=O) groups excluding carboxylic acids is 2. The van der Waals surface area contributed by atoms with Crippen LogP contribution in [0.5, 0.6) is 0 Å². The van der Waals surface area contributed by atoms with Gasteiger partial charge in [-0.25, -0.2) is 4.79 Å². The van der Waals surface area contributed by atoms with Gasteiger partial charge in [0.05, 0.1) is 0 Å². The van der Waals surface area contributed by atoms with Crippen LogP contribution in [-0.4, -0.2) is 41.9 Å². The van der Waals surface area contributed by atoms with Gasteiger partial charge < -0.3 is 4.90 Å². The lowest BCUT2D eigenvalue weighted by molar-refractivity contribution is -0.125. The molecule has 1 radical (unpaired) electrons. The number of carbonyl (C=O) groups is 2. The molecule has 0 atom stereocenters. The minimum absolute atomic E-state index is 0.124. The molecule has 1 aliphatic rings. The number of urea groups is 1. The zero-order valence-corrected chi connectivity index (χ0v) is 6.54. The van der Waals surface area contributed by atoms with Crippen molar-refractivity contribution in [2.24, 2.45) is 0 Å². The first-order valence-electron chi connectivity index (χ1n) is 3.51. The predicted octanol–water partition coefficient (Wildman–Crippen LogP) is 0.105. The molecule has 4 nitrogen and oxygen atoms in total. The summed E-state index contributed by atoms with van der Waals surface area (Å²) < 4.78 is 0. The first-order chi connectivity index (χ1) is 5.16. The van der Waals surface area contributed by atoms with Crippen molar-refractivity contribution in [3.63, 3.8) is 0 Å². The van der Waals surface area contributed by atoms with Gasteiger partial charge in [0.15, 0.2) is 0 Å². The molecule has 3 amide bonds. The van der Waals surface area contributed by atoms with E-state index in [4.69, 9.17) is 0 Å². The molecule has 0 spiro atoms. The van der Waals surface area contributed by atoms with Crippen LogP contribution in [0, 0.1) is 6.92 Å². The third-order valence-corrected chi connectivity index (χ3v) is 1.61. The van der Waals surface area contributed by atoms with Gasteiger partial charge in [-0.05, 0) is 6.42 Å². The summed E-state index contributed by atoms with van der Waals surface area (Å²) in [6.45, 7) is 4.22. The van der Waals surface area contributed by atoms with Crippen molar-refractivity contribution in [1.29, 1.82) is 0 Å². The summed E-state index contributed by atoms with van der Waals surface area (Å²) in [5, 5.41) is 0. The van der Waals surface area contributed by atoms with Crippen LogP contribution < -0.4 is 0 Å². The van der Waals surface area contributed by atoms with Crippen LogP contribution in [0.3, 0.4) is 0 Å². The number of likely N-dealkylation sites (N-methyl/N-ethyl adjacent to an activating group) is 1. The smallest absolute Gasteiger partial charge is 0.318 e. The van der Waals surface area contributed by atoms with Crippen molar-refractivity contribution in [1.82, 2.24) is 9.80 Å². The fourth-order valence-corrected chi connectivity index (χ4v) is 1.05. The first-order valence-corrected chi connectivity index (χ1v) is 3.51. The maximum atomic E-state index is 11.1. The summed E-state index contributed by atoms with van der Waals surface area (Å²) in [5.41, 5.74) is 0. The second kappa shape index (κ2) is 2.90. The van der Waals surface area contributed by atoms with E-state index >= 15 is 0 Å². The Morgan fingerprint density at radius 1 is 1.55 bits per heavy atom. The summed E-state index contributed by atoms with van der Waals surface area (Å²) >= 11 is 0. The zero-order chi connectivity index (χ0) is 8.43. The highest BCUT2D eigenvalue weighted by Gasteiger charge is 2.32. The molecule has 0 N–H and O–H groups in total. The Morgan fingerprint density at radius 3 is 2.55 bits per heavy atom. The quantitative estimate of drug-likeness (QED) is 0.531. The Balaban J connectivity index is 2.64. The number of rotatable bonds is 2. The summed E-state index contributed by atoms with van der Waals surface area (Å²) in [4.78, 5) is 24.8. The summed E-state index contributed by atoms with van der Waals surface area (Å²) in [5.74, 6) is -0.124. The molecule has 1 rings (SSSR count). The normalized spacial score (nSPS) is 18.4. The van der Waals surface area contributed by atoms with Crippen LogP contribution in [0.15, 0.2) is 0 Å². The van der Waals surface area contributed by atoms with Gasteiger partial charge in [0.2, 0.25) is 5.91 Å². The Bertz CT molecular complexity index is 191. The lowest BCUT2D eigenvalue weighted by Crippen LogP contribution is -2.32. The van der Waals surface area contributed by atoms with Gasteiger partial charge in [-0.2, -0.15) is 0 Å². The van der Waals surface area contributed by atoms with Crippen molar-refractivity contribution < 1.29 is 9.59 Å². The minimum atomic E-state index is -0.210. The molecule has 0 aromatic carbocycles. The Labute approximate surface area is 65.8 Å². The molecule has 1 saturated heterocycles. The highest BCUT2D eigenvalue weighted by molar-refractivity contribution is 6.01. The maximum Gasteiger partial charge on any atom is 0.326 e. The maximum absolute atomic E-state index is 11.1. The highest BCUT2D eigenvalue weighted by Crippen LogP contribution is 2.07. The van der Waals surface area contributed by atoms with E-state index < -0.39 is 0 Å². The SMILES string of the molecule is [CH2]CCN1C(=O)CN(C)C1=O. The van der Waals surface area contributed by atoms with Gasteiger partial charge in [-0.3, -0.25) is 9.69 Å². The molecule has 1 fully saturated rings. The lowest BCUT2D eigenvalue weighted by Gasteiger charge is -2.11. The molecule has 0 aromatic rings. The van der Waals surface area contributed by atoms with E-state index in [1.807, 2.05) is 0 Å². The number of hydrogen-bond donors (Lipinski definition) is 0. The average molecular weight is 155 g/mol. The summed E-state index contributed by atoms with van der Waals surface area (Å²) in [7, 11) is 1.61. The van der Waals surface area contributed by atoms with Crippen LogP contribution in [-0.2, 0) is 4.79 Å². The molecular formula is C7H11N2O2.